The van der Waals surface area contributed by atoms with Crippen LogP contribution in [0.3, 0.4) is 0 Å². The number of nitrogens with two attached hydrogens (primary N) is 2. The Kier molecular flexibility index (Phi) is 7.37. The highest BCUT2D eigenvalue weighted by Crippen LogP contribution is 2.04. The van der Waals surface area contributed by atoms with E-state index in [0.29, 0.717) is 19.1 Å². The van der Waals surface area contributed by atoms with Gasteiger partial charge in [0.15, 0.2) is 0 Å². The Morgan fingerprint density at radius 2 is 2.14 bits per heavy atom. The molecule has 0 radical (unpaired) electrons. The first-order valence-electron chi connectivity index (χ1n) is 4.88. The highest BCUT2D eigenvalue weighted by Gasteiger charge is 2.13. The van der Waals surface area contributed by atoms with Crippen LogP contribution in [0.2, 0.25) is 0 Å². The zero-order valence-corrected chi connectivity index (χ0v) is 8.61. The molecule has 0 saturated carbocycles. The van der Waals surface area contributed by atoms with Crippen LogP contribution in [0, 0.1) is 0 Å². The van der Waals surface area contributed by atoms with E-state index < -0.39 is 12.0 Å². The summed E-state index contributed by atoms with van der Waals surface area (Å²) in [6.07, 6.45) is 2.75. The van der Waals surface area contributed by atoms with Gasteiger partial charge in [0.05, 0.1) is 12.7 Å². The fraction of sp³-hybridized carbons (Fsp3) is 0.889. The fourth-order valence-corrected chi connectivity index (χ4v) is 0.728. The maximum absolute atomic E-state index is 10.1. The number of carboxylic acids is 1. The normalized spacial score (nSPS) is 20.6. The minimum absolute atomic E-state index is 0.520. The minimum atomic E-state index is -0.933. The number of epoxide rings is 1. The number of aliphatic carboxylic acids is 1. The lowest BCUT2D eigenvalue weighted by Gasteiger charge is -2.03. The van der Waals surface area contributed by atoms with Crippen molar-refractivity contribution in [1.82, 2.24) is 0 Å². The molecule has 5 N–H and O–H groups in total. The quantitative estimate of drug-likeness (QED) is 0.430. The third-order valence-electron chi connectivity index (χ3n) is 1.79. The van der Waals surface area contributed by atoms with Gasteiger partial charge in [0.2, 0.25) is 0 Å². The molecule has 1 heterocycles. The van der Waals surface area contributed by atoms with E-state index in [4.69, 9.17) is 21.3 Å². The van der Waals surface area contributed by atoms with E-state index in [1.165, 1.54) is 0 Å². The highest BCUT2D eigenvalue weighted by molar-refractivity contribution is 5.72. The van der Waals surface area contributed by atoms with Crippen molar-refractivity contribution in [3.63, 3.8) is 0 Å². The summed E-state index contributed by atoms with van der Waals surface area (Å²) >= 11 is 0. The van der Waals surface area contributed by atoms with Gasteiger partial charge in [-0.2, -0.15) is 0 Å². The maximum Gasteiger partial charge on any atom is 0.320 e. The van der Waals surface area contributed by atoms with Gasteiger partial charge in [0.25, 0.3) is 0 Å². The first-order chi connectivity index (χ1) is 6.57. The molecule has 84 valence electrons. The van der Waals surface area contributed by atoms with E-state index in [9.17, 15) is 4.79 Å². The number of ether oxygens (including phenoxy) is 1. The van der Waals surface area contributed by atoms with Crippen molar-refractivity contribution in [2.45, 2.75) is 38.3 Å². The molecule has 0 aromatic heterocycles. The molecule has 0 aliphatic carbocycles. The number of carboxylic acid groups (broad SMARTS) is 1. The van der Waals surface area contributed by atoms with Crippen LogP contribution in [-0.2, 0) is 9.53 Å². The van der Waals surface area contributed by atoms with E-state index in [1.54, 1.807) is 0 Å². The average molecular weight is 204 g/mol. The second-order valence-corrected chi connectivity index (χ2v) is 3.37. The first kappa shape index (κ1) is 13.4. The largest absolute Gasteiger partial charge is 0.480 e. The molecule has 0 aromatic carbocycles. The van der Waals surface area contributed by atoms with Gasteiger partial charge in [-0.25, -0.2) is 0 Å². The lowest BCUT2D eigenvalue weighted by atomic mass is 10.1. The van der Waals surface area contributed by atoms with Gasteiger partial charge in [-0.05, 0) is 26.3 Å². The van der Waals surface area contributed by atoms with E-state index in [-0.39, 0.29) is 0 Å². The minimum Gasteiger partial charge on any atom is -0.480 e. The Labute approximate surface area is 84.4 Å². The smallest absolute Gasteiger partial charge is 0.320 e. The van der Waals surface area contributed by atoms with Crippen LogP contribution in [0.5, 0.6) is 0 Å². The van der Waals surface area contributed by atoms with Crippen LogP contribution in [0.25, 0.3) is 0 Å². The summed E-state index contributed by atoms with van der Waals surface area (Å²) in [5, 5.41) is 8.33. The molecule has 14 heavy (non-hydrogen) atoms. The summed E-state index contributed by atoms with van der Waals surface area (Å²) in [5.74, 6) is -0.933. The Morgan fingerprint density at radius 3 is 2.43 bits per heavy atom. The molecule has 5 nitrogen and oxygen atoms in total. The molecule has 1 aliphatic rings. The zero-order chi connectivity index (χ0) is 11.0. The second-order valence-electron chi connectivity index (χ2n) is 3.37. The van der Waals surface area contributed by atoms with Crippen molar-refractivity contribution in [3.05, 3.63) is 0 Å². The average Bonchev–Trinajstić information content (AvgIpc) is 2.89. The van der Waals surface area contributed by atoms with Crippen molar-refractivity contribution in [2.24, 2.45) is 11.5 Å². The molecule has 5 heteroatoms. The molecule has 2 atom stereocenters. The molecular formula is C9H20N2O3. The van der Waals surface area contributed by atoms with E-state index in [0.717, 1.165) is 19.4 Å². The molecule has 2 unspecified atom stereocenters. The summed E-state index contributed by atoms with van der Waals surface area (Å²) in [7, 11) is 0. The molecule has 1 fully saturated rings. The van der Waals surface area contributed by atoms with Crippen LogP contribution in [0.4, 0.5) is 0 Å². The fourth-order valence-electron chi connectivity index (χ4n) is 0.728. The van der Waals surface area contributed by atoms with Gasteiger partial charge < -0.3 is 21.3 Å². The molecule has 0 aromatic rings. The van der Waals surface area contributed by atoms with Crippen molar-refractivity contribution in [2.75, 3.05) is 13.2 Å². The van der Waals surface area contributed by atoms with Crippen LogP contribution >= 0.6 is 0 Å². The van der Waals surface area contributed by atoms with Crippen LogP contribution in [-0.4, -0.2) is 36.4 Å². The Hall–Kier alpha value is -0.650. The summed E-state index contributed by atoms with van der Waals surface area (Å²) in [5.41, 5.74) is 10.4. The Bertz CT molecular complexity index is 160. The van der Waals surface area contributed by atoms with Gasteiger partial charge in [-0.1, -0.05) is 6.42 Å². The second kappa shape index (κ2) is 7.73. The predicted molar refractivity (Wildman–Crippen MR) is 53.9 cm³/mol. The number of unbranched alkanes of at least 4 members (excludes halogenated alkanes) is 1. The van der Waals surface area contributed by atoms with E-state index in [1.807, 2.05) is 0 Å². The number of hydrogen-bond donors (Lipinski definition) is 3. The molecule has 0 spiro atoms. The zero-order valence-electron chi connectivity index (χ0n) is 8.61. The third-order valence-corrected chi connectivity index (χ3v) is 1.79. The van der Waals surface area contributed by atoms with Crippen LogP contribution in [0.1, 0.15) is 26.2 Å². The van der Waals surface area contributed by atoms with Crippen molar-refractivity contribution in [1.29, 1.82) is 0 Å². The summed E-state index contributed by atoms with van der Waals surface area (Å²) < 4.78 is 4.71. The maximum atomic E-state index is 10.1. The van der Waals surface area contributed by atoms with Crippen molar-refractivity contribution in [3.8, 4) is 0 Å². The highest BCUT2D eigenvalue weighted by atomic mass is 16.6. The molecule has 1 rings (SSSR count). The van der Waals surface area contributed by atoms with Gasteiger partial charge in [0, 0.05) is 0 Å². The number of rotatable bonds is 5. The van der Waals surface area contributed by atoms with Gasteiger partial charge in [-0.15, -0.1) is 0 Å². The summed E-state index contributed by atoms with van der Waals surface area (Å²) in [6, 6.07) is -0.716. The SMILES string of the molecule is CC1CO1.NCCCCC(N)C(=O)O. The Balaban J connectivity index is 0.000000344. The molecule has 0 amide bonds. The molecule has 0 bridgehead atoms. The standard InChI is InChI=1S/C6H14N2O2.C3H6O/c7-4-2-1-3-5(8)6(9)10;1-3-2-4-3/h5H,1-4,7-8H2,(H,9,10);3H,2H2,1H3. The predicted octanol–water partition coefficient (Wildman–Crippen LogP) is -0.0676. The van der Waals surface area contributed by atoms with Gasteiger partial charge in [0.1, 0.15) is 6.04 Å². The Morgan fingerprint density at radius 1 is 1.64 bits per heavy atom. The summed E-state index contributed by atoms with van der Waals surface area (Å²) in [4.78, 5) is 10.1. The van der Waals surface area contributed by atoms with Gasteiger partial charge in [-0.3, -0.25) is 4.79 Å². The lowest BCUT2D eigenvalue weighted by molar-refractivity contribution is -0.138. The molecule has 1 aliphatic heterocycles. The van der Waals surface area contributed by atoms with E-state index in [2.05, 4.69) is 6.92 Å². The van der Waals surface area contributed by atoms with Crippen LogP contribution in [0.15, 0.2) is 0 Å². The lowest BCUT2D eigenvalue weighted by Crippen LogP contribution is -2.29. The summed E-state index contributed by atoms with van der Waals surface area (Å²) in [6.45, 7) is 3.65. The number of hydrogen-bond acceptors (Lipinski definition) is 4. The molecule has 1 saturated heterocycles. The van der Waals surface area contributed by atoms with Gasteiger partial charge >= 0.3 is 5.97 Å². The monoisotopic (exact) mass is 204 g/mol. The first-order valence-corrected chi connectivity index (χ1v) is 4.88. The topological polar surface area (TPSA) is 102 Å². The third kappa shape index (κ3) is 9.44. The molecular weight excluding hydrogens is 184 g/mol. The number of carbonyl (C=O) groups is 1. The van der Waals surface area contributed by atoms with Crippen molar-refractivity contribution < 1.29 is 14.6 Å². The van der Waals surface area contributed by atoms with Crippen LogP contribution < -0.4 is 11.5 Å². The van der Waals surface area contributed by atoms with E-state index >= 15 is 0 Å². The van der Waals surface area contributed by atoms with Crippen molar-refractivity contribution >= 4 is 5.97 Å².